The molecule has 0 radical (unpaired) electrons. The molecule has 116 valence electrons. The second-order valence-electron chi connectivity index (χ2n) is 6.35. The molecule has 5 nitrogen and oxygen atoms in total. The highest BCUT2D eigenvalue weighted by atomic mass is 32.2. The molecule has 0 bridgehead atoms. The minimum Gasteiger partial charge on any atom is -0.445 e. The Hall–Kier alpha value is -1.56. The number of amides is 1. The highest BCUT2D eigenvalue weighted by molar-refractivity contribution is 7.95. The molecular formula is C15H21NO4S. The van der Waals surface area contributed by atoms with Gasteiger partial charge >= 0.3 is 6.09 Å². The van der Waals surface area contributed by atoms with Gasteiger partial charge in [0.15, 0.2) is 9.84 Å². The van der Waals surface area contributed by atoms with Crippen LogP contribution < -0.4 is 5.32 Å². The number of nitrogens with one attached hydrogen (secondary N) is 1. The van der Waals surface area contributed by atoms with E-state index in [1.807, 2.05) is 30.3 Å². The standard InChI is InChI=1S/C15H21NO4S/c1-14(2)12(15(3,4)21(14,18)19)16-13(17)20-10-11-8-6-5-7-9-11/h5-9,12H,10H2,1-4H3,(H,16,17). The summed E-state index contributed by atoms with van der Waals surface area (Å²) >= 11 is 0. The van der Waals surface area contributed by atoms with Crippen LogP contribution in [0.3, 0.4) is 0 Å². The normalized spacial score (nSPS) is 22.1. The van der Waals surface area contributed by atoms with E-state index < -0.39 is 31.5 Å². The van der Waals surface area contributed by atoms with Gasteiger partial charge in [0, 0.05) is 0 Å². The maximum Gasteiger partial charge on any atom is 0.407 e. The quantitative estimate of drug-likeness (QED) is 0.929. The summed E-state index contributed by atoms with van der Waals surface area (Å²) < 4.78 is 27.5. The van der Waals surface area contributed by atoms with Crippen LogP contribution >= 0.6 is 0 Å². The maximum absolute atomic E-state index is 12.2. The Bertz CT molecular complexity index is 613. The molecule has 6 heteroatoms. The van der Waals surface area contributed by atoms with Gasteiger partial charge in [-0.25, -0.2) is 13.2 Å². The topological polar surface area (TPSA) is 72.5 Å². The summed E-state index contributed by atoms with van der Waals surface area (Å²) in [4.78, 5) is 11.9. The number of carbonyl (C=O) groups is 1. The zero-order chi connectivity index (χ0) is 15.9. The van der Waals surface area contributed by atoms with E-state index in [1.165, 1.54) is 0 Å². The van der Waals surface area contributed by atoms with E-state index in [2.05, 4.69) is 5.32 Å². The van der Waals surface area contributed by atoms with Crippen molar-refractivity contribution in [3.05, 3.63) is 35.9 Å². The van der Waals surface area contributed by atoms with Gasteiger partial charge in [-0.3, -0.25) is 0 Å². The van der Waals surface area contributed by atoms with E-state index in [0.717, 1.165) is 5.56 Å². The number of carbonyl (C=O) groups excluding carboxylic acids is 1. The summed E-state index contributed by atoms with van der Waals surface area (Å²) in [6.45, 7) is 6.64. The zero-order valence-corrected chi connectivity index (χ0v) is 13.5. The minimum absolute atomic E-state index is 0.160. The predicted octanol–water partition coefficient (Wildman–Crippen LogP) is 2.27. The average molecular weight is 311 g/mol. The van der Waals surface area contributed by atoms with Crippen LogP contribution in [-0.4, -0.2) is 30.0 Å². The molecule has 2 rings (SSSR count). The van der Waals surface area contributed by atoms with Crippen molar-refractivity contribution < 1.29 is 17.9 Å². The molecule has 1 aliphatic heterocycles. The van der Waals surface area contributed by atoms with Crippen molar-refractivity contribution in [2.75, 3.05) is 0 Å². The van der Waals surface area contributed by atoms with Crippen molar-refractivity contribution in [2.24, 2.45) is 0 Å². The van der Waals surface area contributed by atoms with Crippen molar-refractivity contribution in [2.45, 2.75) is 49.8 Å². The number of rotatable bonds is 3. The molecule has 0 unspecified atom stereocenters. The third-order valence-electron chi connectivity index (χ3n) is 4.25. The molecule has 0 saturated carbocycles. The van der Waals surface area contributed by atoms with Crippen LogP contribution in [0.4, 0.5) is 4.79 Å². The fourth-order valence-corrected chi connectivity index (χ4v) is 5.50. The number of hydrogen-bond acceptors (Lipinski definition) is 4. The fourth-order valence-electron chi connectivity index (χ4n) is 3.00. The van der Waals surface area contributed by atoms with Gasteiger partial charge in [-0.15, -0.1) is 0 Å². The van der Waals surface area contributed by atoms with Crippen molar-refractivity contribution in [1.29, 1.82) is 0 Å². The third-order valence-corrected chi connectivity index (χ3v) is 7.49. The lowest BCUT2D eigenvalue weighted by Crippen LogP contribution is -2.77. The van der Waals surface area contributed by atoms with E-state index in [0.29, 0.717) is 0 Å². The van der Waals surface area contributed by atoms with Crippen LogP contribution in [0.5, 0.6) is 0 Å². The van der Waals surface area contributed by atoms with Crippen molar-refractivity contribution in [3.63, 3.8) is 0 Å². The Kier molecular flexibility index (Phi) is 3.78. The average Bonchev–Trinajstić information content (AvgIpc) is 2.42. The molecule has 0 spiro atoms. The Morgan fingerprint density at radius 1 is 1.14 bits per heavy atom. The first kappa shape index (κ1) is 15.8. The van der Waals surface area contributed by atoms with E-state index in [4.69, 9.17) is 4.74 Å². The summed E-state index contributed by atoms with van der Waals surface area (Å²) in [5.74, 6) is 0. The summed E-state index contributed by atoms with van der Waals surface area (Å²) in [6, 6.07) is 8.85. The van der Waals surface area contributed by atoms with Crippen LogP contribution in [0.25, 0.3) is 0 Å². The molecule has 0 aliphatic carbocycles. The molecule has 0 atom stereocenters. The van der Waals surface area contributed by atoms with E-state index in [-0.39, 0.29) is 6.61 Å². The van der Waals surface area contributed by atoms with Gasteiger partial charge in [0.25, 0.3) is 0 Å². The van der Waals surface area contributed by atoms with Crippen LogP contribution in [0.2, 0.25) is 0 Å². The Morgan fingerprint density at radius 3 is 2.19 bits per heavy atom. The summed E-state index contributed by atoms with van der Waals surface area (Å²) in [7, 11) is -3.27. The van der Waals surface area contributed by atoms with Gasteiger partial charge in [0.1, 0.15) is 6.61 Å². The van der Waals surface area contributed by atoms with Crippen molar-refractivity contribution in [1.82, 2.24) is 5.32 Å². The van der Waals surface area contributed by atoms with E-state index in [1.54, 1.807) is 27.7 Å². The third kappa shape index (κ3) is 2.41. The fraction of sp³-hybridized carbons (Fsp3) is 0.533. The molecule has 1 amide bonds. The van der Waals surface area contributed by atoms with Gasteiger partial charge in [0.2, 0.25) is 0 Å². The molecule has 0 aromatic heterocycles. The van der Waals surface area contributed by atoms with Gasteiger partial charge in [-0.05, 0) is 33.3 Å². The summed E-state index contributed by atoms with van der Waals surface area (Å²) in [5.41, 5.74) is 0.882. The first-order valence-corrected chi connectivity index (χ1v) is 8.30. The lowest BCUT2D eigenvalue weighted by atomic mass is 9.89. The number of alkyl carbamates (subject to hydrolysis) is 1. The summed E-state index contributed by atoms with van der Waals surface area (Å²) in [6.07, 6.45) is -0.597. The maximum atomic E-state index is 12.2. The highest BCUT2D eigenvalue weighted by Crippen LogP contribution is 2.48. The van der Waals surface area contributed by atoms with Crippen LogP contribution in [0.1, 0.15) is 33.3 Å². The molecule has 1 aromatic carbocycles. The van der Waals surface area contributed by atoms with Gasteiger partial charge in [0.05, 0.1) is 15.5 Å². The lowest BCUT2D eigenvalue weighted by Gasteiger charge is -2.55. The highest BCUT2D eigenvalue weighted by Gasteiger charge is 2.68. The smallest absolute Gasteiger partial charge is 0.407 e. The number of sulfone groups is 1. The largest absolute Gasteiger partial charge is 0.445 e. The van der Waals surface area contributed by atoms with Crippen molar-refractivity contribution in [3.8, 4) is 0 Å². The molecule has 21 heavy (non-hydrogen) atoms. The molecule has 1 fully saturated rings. The molecule has 1 saturated heterocycles. The first-order valence-electron chi connectivity index (χ1n) is 6.82. The number of hydrogen-bond donors (Lipinski definition) is 1. The molecule has 1 aliphatic rings. The Balaban J connectivity index is 1.98. The SMILES string of the molecule is CC1(C)C(NC(=O)OCc2ccccc2)C(C)(C)S1(=O)=O. The predicted molar refractivity (Wildman–Crippen MR) is 80.6 cm³/mol. The molecule has 1 N–H and O–H groups in total. The second kappa shape index (κ2) is 5.02. The number of benzene rings is 1. The molecule has 1 aromatic rings. The van der Waals surface area contributed by atoms with Gasteiger partial charge in [-0.1, -0.05) is 30.3 Å². The summed E-state index contributed by atoms with van der Waals surface area (Å²) in [5, 5.41) is 2.68. The Morgan fingerprint density at radius 2 is 1.67 bits per heavy atom. The lowest BCUT2D eigenvalue weighted by molar-refractivity contribution is 0.127. The Labute approximate surface area is 125 Å². The van der Waals surface area contributed by atoms with E-state index in [9.17, 15) is 13.2 Å². The van der Waals surface area contributed by atoms with Crippen LogP contribution in [-0.2, 0) is 21.2 Å². The van der Waals surface area contributed by atoms with E-state index >= 15 is 0 Å². The van der Waals surface area contributed by atoms with Crippen LogP contribution in [0, 0.1) is 0 Å². The van der Waals surface area contributed by atoms with Crippen molar-refractivity contribution >= 4 is 15.9 Å². The zero-order valence-electron chi connectivity index (χ0n) is 12.7. The van der Waals surface area contributed by atoms with Gasteiger partial charge in [-0.2, -0.15) is 0 Å². The van der Waals surface area contributed by atoms with Crippen LogP contribution in [0.15, 0.2) is 30.3 Å². The number of ether oxygens (including phenoxy) is 1. The monoisotopic (exact) mass is 311 g/mol. The first-order chi connectivity index (χ1) is 9.60. The minimum atomic E-state index is -3.27. The second-order valence-corrected chi connectivity index (χ2v) is 9.46. The molecule has 1 heterocycles. The van der Waals surface area contributed by atoms with Gasteiger partial charge < -0.3 is 10.1 Å². The molecular weight excluding hydrogens is 290 g/mol.